The summed E-state index contributed by atoms with van der Waals surface area (Å²) in [5, 5.41) is 10.1. The van der Waals surface area contributed by atoms with Crippen molar-refractivity contribution in [3.05, 3.63) is 29.8 Å². The minimum absolute atomic E-state index is 0.0176. The zero-order valence-corrected chi connectivity index (χ0v) is 15.4. The topological polar surface area (TPSA) is 81.2 Å². The number of rotatable bonds is 8. The van der Waals surface area contributed by atoms with E-state index in [0.717, 1.165) is 10.1 Å². The summed E-state index contributed by atoms with van der Waals surface area (Å²) >= 11 is 4.13. The lowest BCUT2D eigenvalue weighted by Gasteiger charge is -2.06. The van der Waals surface area contributed by atoms with Gasteiger partial charge in [0.15, 0.2) is 8.68 Å². The number of nitrogens with zero attached hydrogens (tertiary/aromatic N) is 2. The van der Waals surface area contributed by atoms with Gasteiger partial charge in [0.05, 0.1) is 5.75 Å². The highest BCUT2D eigenvalue weighted by molar-refractivity contribution is 8.03. The van der Waals surface area contributed by atoms with Crippen LogP contribution >= 0.6 is 34.9 Å². The Labute approximate surface area is 154 Å². The lowest BCUT2D eigenvalue weighted by Crippen LogP contribution is -2.31. The molecule has 11 heteroatoms. The molecule has 0 saturated carbocycles. The summed E-state index contributed by atoms with van der Waals surface area (Å²) in [5.41, 5.74) is 0.164. The largest absolute Gasteiger partial charge is 0.435 e. The van der Waals surface area contributed by atoms with Crippen molar-refractivity contribution in [3.8, 4) is 5.75 Å². The lowest BCUT2D eigenvalue weighted by molar-refractivity contribution is -0.117. The van der Waals surface area contributed by atoms with Crippen LogP contribution < -0.4 is 10.1 Å². The fraction of sp³-hybridized carbons (Fsp3) is 0.286. The van der Waals surface area contributed by atoms with Crippen LogP contribution in [0.5, 0.6) is 5.75 Å². The molecule has 2 amide bonds. The van der Waals surface area contributed by atoms with Crippen molar-refractivity contribution >= 4 is 46.7 Å². The predicted molar refractivity (Wildman–Crippen MR) is 92.6 cm³/mol. The van der Waals surface area contributed by atoms with Crippen molar-refractivity contribution < 1.29 is 23.1 Å². The molecule has 0 spiro atoms. The molecule has 134 valence electrons. The highest BCUT2D eigenvalue weighted by Gasteiger charge is 2.13. The second-order valence-corrected chi connectivity index (χ2v) is 8.05. The Bertz CT molecular complexity index is 726. The second kappa shape index (κ2) is 9.68. The number of benzene rings is 1. The van der Waals surface area contributed by atoms with Gasteiger partial charge in [-0.1, -0.05) is 41.8 Å². The summed E-state index contributed by atoms with van der Waals surface area (Å²) in [6.45, 7) is -0.931. The predicted octanol–water partition coefficient (Wildman–Crippen LogP) is 3.30. The highest BCUT2D eigenvalue weighted by Crippen LogP contribution is 2.28. The number of alkyl halides is 2. The van der Waals surface area contributed by atoms with E-state index in [0.29, 0.717) is 4.34 Å². The smallest absolute Gasteiger partial charge is 0.387 e. The maximum atomic E-state index is 12.1. The molecular weight excluding hydrogens is 392 g/mol. The van der Waals surface area contributed by atoms with E-state index in [-0.39, 0.29) is 17.1 Å². The molecule has 0 atom stereocenters. The van der Waals surface area contributed by atoms with Crippen LogP contribution in [0.15, 0.2) is 32.9 Å². The molecular formula is C14H13F2N3O3S3. The normalized spacial score (nSPS) is 10.7. The fourth-order valence-corrected chi connectivity index (χ4v) is 4.30. The third kappa shape index (κ3) is 6.59. The van der Waals surface area contributed by atoms with Crippen LogP contribution in [0, 0.1) is 0 Å². The first-order chi connectivity index (χ1) is 12.0. The Kier molecular flexibility index (Phi) is 7.59. The van der Waals surface area contributed by atoms with E-state index in [4.69, 9.17) is 0 Å². The Balaban J connectivity index is 1.81. The Morgan fingerprint density at radius 1 is 1.20 bits per heavy atom. The first-order valence-corrected chi connectivity index (χ1v) is 9.75. The minimum Gasteiger partial charge on any atom is -0.435 e. The molecule has 0 aliphatic heterocycles. The maximum absolute atomic E-state index is 12.1. The van der Waals surface area contributed by atoms with Crippen molar-refractivity contribution in [1.82, 2.24) is 15.5 Å². The van der Waals surface area contributed by atoms with E-state index in [2.05, 4.69) is 20.3 Å². The SMILES string of the molecule is CCSc1nnc(SCC(=O)NC(=O)c2ccc(OC(F)F)cc2)s1. The third-order valence-electron chi connectivity index (χ3n) is 2.58. The zero-order chi connectivity index (χ0) is 18.2. The summed E-state index contributed by atoms with van der Waals surface area (Å²) in [4.78, 5) is 23.7. The second-order valence-electron chi connectivity index (χ2n) is 4.34. The highest BCUT2D eigenvalue weighted by atomic mass is 32.2. The average molecular weight is 405 g/mol. The van der Waals surface area contributed by atoms with E-state index in [1.54, 1.807) is 11.8 Å². The van der Waals surface area contributed by atoms with Crippen molar-refractivity contribution in [2.75, 3.05) is 11.5 Å². The maximum Gasteiger partial charge on any atom is 0.387 e. The Morgan fingerprint density at radius 2 is 1.84 bits per heavy atom. The molecule has 0 aliphatic rings. The van der Waals surface area contributed by atoms with Crippen LogP contribution in [0.3, 0.4) is 0 Å². The van der Waals surface area contributed by atoms with Crippen molar-refractivity contribution in [2.24, 2.45) is 0 Å². The summed E-state index contributed by atoms with van der Waals surface area (Å²) in [7, 11) is 0. The molecule has 25 heavy (non-hydrogen) atoms. The summed E-state index contributed by atoms with van der Waals surface area (Å²) in [6.07, 6.45) is 0. The van der Waals surface area contributed by atoms with Gasteiger partial charge in [0, 0.05) is 5.56 Å². The fourth-order valence-electron chi connectivity index (χ4n) is 1.59. The number of carbonyl (C=O) groups excluding carboxylic acids is 2. The molecule has 2 rings (SSSR count). The van der Waals surface area contributed by atoms with Gasteiger partial charge in [0.1, 0.15) is 5.75 Å². The number of halogens is 2. The van der Waals surface area contributed by atoms with Gasteiger partial charge in [-0.25, -0.2) is 0 Å². The molecule has 1 N–H and O–H groups in total. The summed E-state index contributed by atoms with van der Waals surface area (Å²) in [5.74, 6) is -0.263. The van der Waals surface area contributed by atoms with Crippen molar-refractivity contribution in [1.29, 1.82) is 0 Å². The molecule has 1 aromatic carbocycles. The van der Waals surface area contributed by atoms with Gasteiger partial charge in [-0.2, -0.15) is 8.78 Å². The van der Waals surface area contributed by atoms with Gasteiger partial charge in [0.25, 0.3) is 5.91 Å². The Morgan fingerprint density at radius 3 is 2.44 bits per heavy atom. The number of hydrogen-bond acceptors (Lipinski definition) is 8. The van der Waals surface area contributed by atoms with E-state index in [1.165, 1.54) is 47.4 Å². The zero-order valence-electron chi connectivity index (χ0n) is 12.9. The first kappa shape index (κ1) is 19.6. The quantitative estimate of drug-likeness (QED) is 0.675. The van der Waals surface area contributed by atoms with E-state index in [1.807, 2.05) is 6.92 Å². The average Bonchev–Trinajstić information content (AvgIpc) is 3.01. The number of imide groups is 1. The van der Waals surface area contributed by atoms with Crippen LogP contribution in [0.2, 0.25) is 0 Å². The van der Waals surface area contributed by atoms with Crippen LogP contribution in [0.1, 0.15) is 17.3 Å². The van der Waals surface area contributed by atoms with Gasteiger partial charge < -0.3 is 4.74 Å². The summed E-state index contributed by atoms with van der Waals surface area (Å²) < 4.78 is 29.8. The molecule has 0 saturated heterocycles. The molecule has 0 aliphatic carbocycles. The number of hydrogen-bond donors (Lipinski definition) is 1. The molecule has 2 aromatic rings. The van der Waals surface area contributed by atoms with Crippen LogP contribution in [-0.2, 0) is 4.79 Å². The van der Waals surface area contributed by atoms with Crippen LogP contribution in [-0.4, -0.2) is 40.1 Å². The lowest BCUT2D eigenvalue weighted by atomic mass is 10.2. The Hall–Kier alpha value is -1.72. The van der Waals surface area contributed by atoms with Gasteiger partial charge in [-0.05, 0) is 30.0 Å². The van der Waals surface area contributed by atoms with Gasteiger partial charge in [-0.15, -0.1) is 10.2 Å². The van der Waals surface area contributed by atoms with E-state index in [9.17, 15) is 18.4 Å². The molecule has 0 radical (unpaired) electrons. The summed E-state index contributed by atoms with van der Waals surface area (Å²) in [6, 6.07) is 5.06. The molecule has 6 nitrogen and oxygen atoms in total. The molecule has 0 unspecified atom stereocenters. The number of amides is 2. The number of thioether (sulfide) groups is 2. The van der Waals surface area contributed by atoms with E-state index < -0.39 is 18.4 Å². The molecule has 1 heterocycles. The monoisotopic (exact) mass is 405 g/mol. The van der Waals surface area contributed by atoms with Crippen LogP contribution in [0.25, 0.3) is 0 Å². The van der Waals surface area contributed by atoms with Gasteiger partial charge in [-0.3, -0.25) is 14.9 Å². The number of carbonyl (C=O) groups is 2. The van der Waals surface area contributed by atoms with Crippen molar-refractivity contribution in [2.45, 2.75) is 22.2 Å². The van der Waals surface area contributed by atoms with Gasteiger partial charge >= 0.3 is 6.61 Å². The standard InChI is InChI=1S/C14H13F2N3O3S3/c1-2-23-13-18-19-14(25-13)24-7-10(20)17-11(21)8-3-5-9(6-4-8)22-12(15)16/h3-6,12H,2,7H2,1H3,(H,17,20,21). The molecule has 0 fully saturated rings. The first-order valence-electron chi connectivity index (χ1n) is 6.96. The number of ether oxygens (including phenoxy) is 1. The third-order valence-corrected chi connectivity index (χ3v) is 5.65. The van der Waals surface area contributed by atoms with E-state index >= 15 is 0 Å². The molecule has 0 bridgehead atoms. The number of aromatic nitrogens is 2. The van der Waals surface area contributed by atoms with Gasteiger partial charge in [0.2, 0.25) is 5.91 Å². The number of nitrogens with one attached hydrogen (secondary N) is 1. The van der Waals surface area contributed by atoms with Crippen molar-refractivity contribution in [3.63, 3.8) is 0 Å². The minimum atomic E-state index is -2.94. The molecule has 1 aromatic heterocycles. The van der Waals surface area contributed by atoms with Crippen LogP contribution in [0.4, 0.5) is 8.78 Å².